The first-order valence-electron chi connectivity index (χ1n) is 8.10. The third-order valence-electron chi connectivity index (χ3n) is 4.19. The quantitative estimate of drug-likeness (QED) is 0.909. The number of nitrogens with one attached hydrogen (secondary N) is 1. The van der Waals surface area contributed by atoms with Crippen molar-refractivity contribution >= 4 is 11.8 Å². The number of hydrogen-bond acceptors (Lipinski definition) is 3. The Bertz CT molecular complexity index is 522. The van der Waals surface area contributed by atoms with Gasteiger partial charge >= 0.3 is 0 Å². The molecular weight excluding hydrogens is 280 g/mol. The molecule has 2 heterocycles. The van der Waals surface area contributed by atoms with Gasteiger partial charge in [-0.1, -0.05) is 13.8 Å². The summed E-state index contributed by atoms with van der Waals surface area (Å²) >= 11 is 0. The molecule has 122 valence electrons. The number of carbonyl (C=O) groups is 2. The Kier molecular flexibility index (Phi) is 5.63. The van der Waals surface area contributed by atoms with Crippen molar-refractivity contribution in [3.05, 3.63) is 23.7 Å². The first kappa shape index (κ1) is 16.6. The van der Waals surface area contributed by atoms with Gasteiger partial charge in [0.15, 0.2) is 0 Å². The summed E-state index contributed by atoms with van der Waals surface area (Å²) in [6, 6.07) is 1.70. The fourth-order valence-corrected chi connectivity index (χ4v) is 2.78. The smallest absolute Gasteiger partial charge is 0.257 e. The minimum Gasteiger partial charge on any atom is -0.469 e. The van der Waals surface area contributed by atoms with Gasteiger partial charge in [0.1, 0.15) is 5.76 Å². The van der Waals surface area contributed by atoms with E-state index >= 15 is 0 Å². The summed E-state index contributed by atoms with van der Waals surface area (Å²) in [7, 11) is 0. The third-order valence-corrected chi connectivity index (χ3v) is 4.19. The summed E-state index contributed by atoms with van der Waals surface area (Å²) in [5.41, 5.74) is 0.598. The lowest BCUT2D eigenvalue weighted by Gasteiger charge is -2.32. The Labute approximate surface area is 132 Å². The lowest BCUT2D eigenvalue weighted by Crippen LogP contribution is -2.45. The first-order chi connectivity index (χ1) is 10.5. The largest absolute Gasteiger partial charge is 0.469 e. The van der Waals surface area contributed by atoms with Crippen molar-refractivity contribution < 1.29 is 14.0 Å². The molecule has 2 amide bonds. The summed E-state index contributed by atoms with van der Waals surface area (Å²) in [6.07, 6.45) is 4.23. The van der Waals surface area contributed by atoms with Gasteiger partial charge in [-0.3, -0.25) is 9.59 Å². The van der Waals surface area contributed by atoms with E-state index in [2.05, 4.69) is 19.2 Å². The Morgan fingerprint density at radius 3 is 2.86 bits per heavy atom. The van der Waals surface area contributed by atoms with Crippen LogP contribution in [0.25, 0.3) is 0 Å². The van der Waals surface area contributed by atoms with Crippen LogP contribution in [-0.2, 0) is 4.79 Å². The lowest BCUT2D eigenvalue weighted by atomic mass is 9.96. The molecule has 0 radical (unpaired) electrons. The van der Waals surface area contributed by atoms with Crippen LogP contribution in [0.2, 0.25) is 0 Å². The third kappa shape index (κ3) is 4.12. The van der Waals surface area contributed by atoms with Crippen molar-refractivity contribution in [3.8, 4) is 0 Å². The molecule has 1 aromatic rings. The standard InChI is InChI=1S/C17H26N2O3/c1-12(2)6-8-18-16(20)14-5-4-9-19(11-14)17(21)15-7-10-22-13(15)3/h7,10,12,14H,4-6,8-9,11H2,1-3H3,(H,18,20). The molecule has 1 N–H and O–H groups in total. The minimum absolute atomic E-state index is 0.0362. The van der Waals surface area contributed by atoms with Crippen molar-refractivity contribution in [3.63, 3.8) is 0 Å². The van der Waals surface area contributed by atoms with E-state index in [4.69, 9.17) is 4.42 Å². The molecular formula is C17H26N2O3. The van der Waals surface area contributed by atoms with Gasteiger partial charge in [0.2, 0.25) is 5.91 Å². The molecule has 0 aromatic carbocycles. The van der Waals surface area contributed by atoms with Crippen molar-refractivity contribution in [1.29, 1.82) is 0 Å². The normalized spacial score (nSPS) is 18.5. The first-order valence-corrected chi connectivity index (χ1v) is 8.10. The van der Waals surface area contributed by atoms with E-state index in [1.54, 1.807) is 17.9 Å². The van der Waals surface area contributed by atoms with Crippen LogP contribution in [0.1, 0.15) is 49.2 Å². The van der Waals surface area contributed by atoms with Crippen molar-refractivity contribution in [2.75, 3.05) is 19.6 Å². The molecule has 1 atom stereocenters. The average Bonchev–Trinajstić information content (AvgIpc) is 2.92. The Balaban J connectivity index is 1.90. The van der Waals surface area contributed by atoms with Crippen LogP contribution in [0.5, 0.6) is 0 Å². The number of piperidine rings is 1. The second-order valence-electron chi connectivity index (χ2n) is 6.45. The van der Waals surface area contributed by atoms with Crippen molar-refractivity contribution in [1.82, 2.24) is 10.2 Å². The molecule has 1 aliphatic heterocycles. The molecule has 0 saturated carbocycles. The summed E-state index contributed by atoms with van der Waals surface area (Å²) in [6.45, 7) is 7.98. The van der Waals surface area contributed by atoms with Crippen LogP contribution in [0, 0.1) is 18.8 Å². The predicted octanol–water partition coefficient (Wildman–Crippen LogP) is 2.60. The monoisotopic (exact) mass is 306 g/mol. The van der Waals surface area contributed by atoms with Crippen LogP contribution in [0.3, 0.4) is 0 Å². The molecule has 0 aliphatic carbocycles. The highest BCUT2D eigenvalue weighted by atomic mass is 16.3. The van der Waals surface area contributed by atoms with Gasteiger partial charge in [-0.2, -0.15) is 0 Å². The van der Waals surface area contributed by atoms with Gasteiger partial charge in [0, 0.05) is 19.6 Å². The highest BCUT2D eigenvalue weighted by molar-refractivity contribution is 5.95. The molecule has 0 bridgehead atoms. The SMILES string of the molecule is Cc1occc1C(=O)N1CCCC(C(=O)NCCC(C)C)C1. The summed E-state index contributed by atoms with van der Waals surface area (Å²) in [4.78, 5) is 26.5. The van der Waals surface area contributed by atoms with E-state index in [9.17, 15) is 9.59 Å². The van der Waals surface area contributed by atoms with Crippen LogP contribution in [0.4, 0.5) is 0 Å². The number of aryl methyl sites for hydroxylation is 1. The van der Waals surface area contributed by atoms with E-state index in [-0.39, 0.29) is 17.7 Å². The highest BCUT2D eigenvalue weighted by Gasteiger charge is 2.29. The summed E-state index contributed by atoms with van der Waals surface area (Å²) < 4.78 is 5.20. The fourth-order valence-electron chi connectivity index (χ4n) is 2.78. The van der Waals surface area contributed by atoms with Gasteiger partial charge in [-0.05, 0) is 38.2 Å². The van der Waals surface area contributed by atoms with Gasteiger partial charge in [-0.25, -0.2) is 0 Å². The Morgan fingerprint density at radius 1 is 1.45 bits per heavy atom. The van der Waals surface area contributed by atoms with E-state index in [0.29, 0.717) is 36.9 Å². The topological polar surface area (TPSA) is 62.6 Å². The van der Waals surface area contributed by atoms with E-state index in [1.807, 2.05) is 0 Å². The van der Waals surface area contributed by atoms with Gasteiger partial charge in [0.05, 0.1) is 17.7 Å². The molecule has 2 rings (SSSR count). The zero-order chi connectivity index (χ0) is 16.1. The number of furan rings is 1. The second-order valence-corrected chi connectivity index (χ2v) is 6.45. The summed E-state index contributed by atoms with van der Waals surface area (Å²) in [5.74, 6) is 1.15. The molecule has 1 saturated heterocycles. The molecule has 5 nitrogen and oxygen atoms in total. The van der Waals surface area contributed by atoms with Crippen molar-refractivity contribution in [2.24, 2.45) is 11.8 Å². The summed E-state index contributed by atoms with van der Waals surface area (Å²) in [5, 5.41) is 2.99. The molecule has 22 heavy (non-hydrogen) atoms. The Morgan fingerprint density at radius 2 is 2.23 bits per heavy atom. The van der Waals surface area contributed by atoms with E-state index in [1.165, 1.54) is 6.26 Å². The van der Waals surface area contributed by atoms with E-state index < -0.39 is 0 Å². The fraction of sp³-hybridized carbons (Fsp3) is 0.647. The van der Waals surface area contributed by atoms with Gasteiger partial charge in [0.25, 0.3) is 5.91 Å². The highest BCUT2D eigenvalue weighted by Crippen LogP contribution is 2.20. The average molecular weight is 306 g/mol. The minimum atomic E-state index is -0.0999. The maximum Gasteiger partial charge on any atom is 0.257 e. The van der Waals surface area contributed by atoms with Crippen LogP contribution in [0.15, 0.2) is 16.7 Å². The second kappa shape index (κ2) is 7.47. The molecule has 1 fully saturated rings. The molecule has 1 aliphatic rings. The van der Waals surface area contributed by atoms with Gasteiger partial charge < -0.3 is 14.6 Å². The number of carbonyl (C=O) groups excluding carboxylic acids is 2. The number of likely N-dealkylation sites (tertiary alicyclic amines) is 1. The number of amides is 2. The molecule has 1 unspecified atom stereocenters. The zero-order valence-corrected chi connectivity index (χ0v) is 13.7. The van der Waals surface area contributed by atoms with Crippen molar-refractivity contribution in [2.45, 2.75) is 40.0 Å². The van der Waals surface area contributed by atoms with Gasteiger partial charge in [-0.15, -0.1) is 0 Å². The maximum absolute atomic E-state index is 12.5. The molecule has 1 aromatic heterocycles. The molecule has 5 heteroatoms. The predicted molar refractivity (Wildman–Crippen MR) is 84.5 cm³/mol. The van der Waals surface area contributed by atoms with Crippen LogP contribution < -0.4 is 5.32 Å². The number of rotatable bonds is 5. The number of hydrogen-bond donors (Lipinski definition) is 1. The number of nitrogens with zero attached hydrogens (tertiary/aromatic N) is 1. The van der Waals surface area contributed by atoms with Crippen LogP contribution >= 0.6 is 0 Å². The zero-order valence-electron chi connectivity index (χ0n) is 13.7. The molecule has 0 spiro atoms. The maximum atomic E-state index is 12.5. The lowest BCUT2D eigenvalue weighted by molar-refractivity contribution is -0.126. The Hall–Kier alpha value is -1.78. The van der Waals surface area contributed by atoms with E-state index in [0.717, 1.165) is 19.3 Å². The van der Waals surface area contributed by atoms with Crippen LogP contribution in [-0.4, -0.2) is 36.3 Å².